The van der Waals surface area contributed by atoms with E-state index in [1.165, 1.54) is 5.56 Å². The molecule has 4 fully saturated rings. The van der Waals surface area contributed by atoms with E-state index < -0.39 is 0 Å². The molecule has 4 unspecified atom stereocenters. The summed E-state index contributed by atoms with van der Waals surface area (Å²) in [6.07, 6.45) is 8.38. The number of aryl methyl sites for hydroxylation is 1. The number of rotatable bonds is 5. The number of pyridine rings is 2. The Morgan fingerprint density at radius 3 is 2.66 bits per heavy atom. The number of ether oxygens (including phenoxy) is 1. The van der Waals surface area contributed by atoms with Crippen molar-refractivity contribution in [2.45, 2.75) is 76.3 Å². The van der Waals surface area contributed by atoms with Crippen molar-refractivity contribution in [2.24, 2.45) is 11.3 Å². The van der Waals surface area contributed by atoms with Crippen molar-refractivity contribution in [1.82, 2.24) is 20.8 Å². The van der Waals surface area contributed by atoms with Gasteiger partial charge in [-0.25, -0.2) is 10.4 Å². The first-order valence-corrected chi connectivity index (χ1v) is 13.4. The molecule has 35 heavy (non-hydrogen) atoms. The predicted octanol–water partition coefficient (Wildman–Crippen LogP) is 4.52. The highest BCUT2D eigenvalue weighted by atomic mass is 35.5. The first-order valence-electron chi connectivity index (χ1n) is 12.7. The summed E-state index contributed by atoms with van der Waals surface area (Å²) < 4.78 is 6.51. The first kappa shape index (κ1) is 23.9. The number of hydrogen-bond donors (Lipinski definition) is 3. The summed E-state index contributed by atoms with van der Waals surface area (Å²) in [6.45, 7) is 5.92. The summed E-state index contributed by atoms with van der Waals surface area (Å²) in [5.41, 5.74) is 10.2. The fourth-order valence-electron chi connectivity index (χ4n) is 6.67. The molecule has 0 bridgehead atoms. The Labute approximate surface area is 216 Å². The van der Waals surface area contributed by atoms with Gasteiger partial charge in [0.25, 0.3) is 0 Å². The van der Waals surface area contributed by atoms with Crippen LogP contribution >= 0.6 is 23.2 Å². The van der Waals surface area contributed by atoms with Crippen LogP contribution in [0.15, 0.2) is 24.5 Å². The predicted molar refractivity (Wildman–Crippen MR) is 137 cm³/mol. The van der Waals surface area contributed by atoms with Gasteiger partial charge in [-0.3, -0.25) is 10.4 Å². The molecule has 0 radical (unpaired) electrons. The van der Waals surface area contributed by atoms with Crippen LogP contribution in [0, 0.1) is 18.3 Å². The number of aromatic nitrogens is 2. The third-order valence-corrected chi connectivity index (χ3v) is 9.31. The highest BCUT2D eigenvalue weighted by Gasteiger charge is 2.52. The van der Waals surface area contributed by atoms with E-state index >= 15 is 0 Å². The SMILES string of the molecule is Cc1ncc(Cl)c([C@@H](C)OC2CCC3NNC(c4ccc(N5CC6(CC(O)C6)C5)nc4)C3C2)c1Cl. The van der Waals surface area contributed by atoms with Crippen molar-refractivity contribution in [3.8, 4) is 0 Å². The third-order valence-electron chi connectivity index (χ3n) is 8.53. The molecule has 2 saturated carbocycles. The van der Waals surface area contributed by atoms with Crippen molar-refractivity contribution in [3.63, 3.8) is 0 Å². The molecule has 0 amide bonds. The highest BCUT2D eigenvalue weighted by molar-refractivity contribution is 6.36. The second kappa shape index (κ2) is 9.12. The minimum absolute atomic E-state index is 0.101. The van der Waals surface area contributed by atoms with Crippen molar-refractivity contribution in [3.05, 3.63) is 51.4 Å². The standard InChI is InChI=1S/C26H33Cl2N5O2/c1-14-24(28)23(20(27)11-29-14)15(2)35-18-4-5-21-19(7-18)25(32-31-21)16-3-6-22(30-10-16)33-12-26(13-33)8-17(34)9-26/h3,6,10-11,15,17-19,21,25,31-32,34H,4-5,7-9,12-13H2,1-2H3/t15-,18?,19?,21?,25?/m1/s1. The fraction of sp³-hybridized carbons (Fsp3) is 0.615. The van der Waals surface area contributed by atoms with Crippen molar-refractivity contribution >= 4 is 29.0 Å². The van der Waals surface area contributed by atoms with Crippen LogP contribution in [0.5, 0.6) is 0 Å². The van der Waals surface area contributed by atoms with E-state index in [1.807, 2.05) is 20.0 Å². The third kappa shape index (κ3) is 4.34. The van der Waals surface area contributed by atoms with Crippen LogP contribution in [-0.2, 0) is 4.74 Å². The Hall–Kier alpha value is -1.48. The van der Waals surface area contributed by atoms with E-state index in [0.29, 0.717) is 27.4 Å². The average molecular weight is 518 g/mol. The largest absolute Gasteiger partial charge is 0.393 e. The van der Waals surface area contributed by atoms with E-state index in [2.05, 4.69) is 32.9 Å². The fourth-order valence-corrected chi connectivity index (χ4v) is 7.32. The maximum Gasteiger partial charge on any atom is 0.128 e. The molecule has 9 heteroatoms. The van der Waals surface area contributed by atoms with Gasteiger partial charge < -0.3 is 14.7 Å². The van der Waals surface area contributed by atoms with Gasteiger partial charge in [-0.2, -0.15) is 0 Å². The molecule has 5 atom stereocenters. The lowest BCUT2D eigenvalue weighted by molar-refractivity contribution is -0.0494. The Bertz CT molecular complexity index is 1090. The van der Waals surface area contributed by atoms with Crippen LogP contribution in [0.4, 0.5) is 5.82 Å². The number of nitrogens with one attached hydrogen (secondary N) is 2. The lowest BCUT2D eigenvalue weighted by Crippen LogP contribution is -2.64. The lowest BCUT2D eigenvalue weighted by atomic mass is 9.62. The molecular formula is C26H33Cl2N5O2. The number of hydrogen-bond acceptors (Lipinski definition) is 7. The summed E-state index contributed by atoms with van der Waals surface area (Å²) in [4.78, 5) is 11.4. The molecule has 2 aromatic rings. The van der Waals surface area contributed by atoms with Gasteiger partial charge >= 0.3 is 0 Å². The molecule has 3 N–H and O–H groups in total. The molecule has 2 aliphatic heterocycles. The minimum Gasteiger partial charge on any atom is -0.393 e. The molecule has 4 aliphatic rings. The normalized spacial score (nSPS) is 30.6. The molecule has 0 aromatic carbocycles. The Morgan fingerprint density at radius 2 is 1.94 bits per heavy atom. The zero-order chi connectivity index (χ0) is 24.3. The van der Waals surface area contributed by atoms with Crippen LogP contribution < -0.4 is 15.8 Å². The summed E-state index contributed by atoms with van der Waals surface area (Å²) in [5.74, 6) is 1.45. The van der Waals surface area contributed by atoms with Gasteiger partial charge in [0, 0.05) is 42.5 Å². The number of aliphatic hydroxyl groups excluding tert-OH is 1. The first-order chi connectivity index (χ1) is 16.8. The molecule has 6 rings (SSSR count). The van der Waals surface area contributed by atoms with E-state index in [-0.39, 0.29) is 24.4 Å². The van der Waals surface area contributed by atoms with Gasteiger partial charge in [-0.1, -0.05) is 29.3 Å². The Balaban J connectivity index is 1.10. The smallest absolute Gasteiger partial charge is 0.128 e. The van der Waals surface area contributed by atoms with Crippen LogP contribution in [0.2, 0.25) is 10.0 Å². The van der Waals surface area contributed by atoms with Crippen molar-refractivity contribution < 1.29 is 9.84 Å². The summed E-state index contributed by atoms with van der Waals surface area (Å²) in [5, 5.41) is 10.8. The molecule has 2 aliphatic carbocycles. The summed E-state index contributed by atoms with van der Waals surface area (Å²) >= 11 is 12.9. The zero-order valence-electron chi connectivity index (χ0n) is 20.2. The second-order valence-electron chi connectivity index (χ2n) is 11.0. The number of aliphatic hydroxyl groups is 1. The van der Waals surface area contributed by atoms with Gasteiger partial charge in [-0.05, 0) is 63.5 Å². The van der Waals surface area contributed by atoms with Gasteiger partial charge in [0.05, 0.1) is 40.1 Å². The minimum atomic E-state index is -0.198. The quantitative estimate of drug-likeness (QED) is 0.537. The number of nitrogens with zero attached hydrogens (tertiary/aromatic N) is 3. The average Bonchev–Trinajstić information content (AvgIpc) is 3.21. The molecule has 188 valence electrons. The van der Waals surface area contributed by atoms with E-state index in [4.69, 9.17) is 32.9 Å². The zero-order valence-corrected chi connectivity index (χ0v) is 21.7. The van der Waals surface area contributed by atoms with Gasteiger partial charge in [-0.15, -0.1) is 0 Å². The van der Waals surface area contributed by atoms with Gasteiger partial charge in [0.1, 0.15) is 5.82 Å². The molecule has 7 nitrogen and oxygen atoms in total. The highest BCUT2D eigenvalue weighted by Crippen LogP contribution is 2.49. The Morgan fingerprint density at radius 1 is 1.14 bits per heavy atom. The molecule has 2 saturated heterocycles. The van der Waals surface area contributed by atoms with Crippen LogP contribution in [-0.4, -0.2) is 46.4 Å². The van der Waals surface area contributed by atoms with Gasteiger partial charge in [0.15, 0.2) is 0 Å². The molecule has 1 spiro atoms. The number of hydrazine groups is 1. The van der Waals surface area contributed by atoms with E-state index in [1.54, 1.807) is 6.20 Å². The lowest BCUT2D eigenvalue weighted by Gasteiger charge is -2.58. The number of fused-ring (bicyclic) bond motifs is 1. The van der Waals surface area contributed by atoms with Crippen molar-refractivity contribution in [2.75, 3.05) is 18.0 Å². The molecule has 2 aromatic heterocycles. The molecule has 4 heterocycles. The van der Waals surface area contributed by atoms with Gasteiger partial charge in [0.2, 0.25) is 0 Å². The van der Waals surface area contributed by atoms with E-state index in [0.717, 1.165) is 62.3 Å². The number of anilines is 1. The van der Waals surface area contributed by atoms with Crippen LogP contribution in [0.25, 0.3) is 0 Å². The van der Waals surface area contributed by atoms with Crippen LogP contribution in [0.3, 0.4) is 0 Å². The maximum atomic E-state index is 9.65. The molecular weight excluding hydrogens is 485 g/mol. The topological polar surface area (TPSA) is 82.5 Å². The van der Waals surface area contributed by atoms with E-state index in [9.17, 15) is 5.11 Å². The number of halogens is 2. The monoisotopic (exact) mass is 517 g/mol. The van der Waals surface area contributed by atoms with Crippen LogP contribution in [0.1, 0.15) is 68.0 Å². The maximum absolute atomic E-state index is 9.65. The summed E-state index contributed by atoms with van der Waals surface area (Å²) in [7, 11) is 0. The second-order valence-corrected chi connectivity index (χ2v) is 11.8. The Kier molecular flexibility index (Phi) is 6.23. The summed E-state index contributed by atoms with van der Waals surface area (Å²) in [6, 6.07) is 4.96. The van der Waals surface area contributed by atoms with Crippen molar-refractivity contribution in [1.29, 1.82) is 0 Å².